The highest BCUT2D eigenvalue weighted by Gasteiger charge is 2.30. The monoisotopic (exact) mass is 323 g/mol. The third-order valence-corrected chi connectivity index (χ3v) is 3.75. The molecule has 1 atom stereocenters. The van der Waals surface area contributed by atoms with Gasteiger partial charge in [0.1, 0.15) is 11.4 Å². The van der Waals surface area contributed by atoms with Gasteiger partial charge in [0, 0.05) is 17.0 Å². The number of terminal acetylenes is 1. The third kappa shape index (κ3) is 3.19. The third-order valence-electron chi connectivity index (χ3n) is 3.75. The Hall–Kier alpha value is -2.98. The molecule has 4 N–H and O–H groups in total. The summed E-state index contributed by atoms with van der Waals surface area (Å²) in [5.74, 6) is 2.47. The largest absolute Gasteiger partial charge is 0.507 e. The number of aromatic nitrogens is 3. The van der Waals surface area contributed by atoms with Crippen molar-refractivity contribution in [1.82, 2.24) is 15.2 Å². The van der Waals surface area contributed by atoms with Crippen molar-refractivity contribution in [1.29, 1.82) is 0 Å². The van der Waals surface area contributed by atoms with Crippen molar-refractivity contribution in [2.45, 2.75) is 31.7 Å². The van der Waals surface area contributed by atoms with Gasteiger partial charge in [0.15, 0.2) is 0 Å². The van der Waals surface area contributed by atoms with Crippen molar-refractivity contribution >= 4 is 11.9 Å². The zero-order chi connectivity index (χ0) is 17.3. The summed E-state index contributed by atoms with van der Waals surface area (Å²) >= 11 is 0. The number of anilines is 1. The fourth-order valence-electron chi connectivity index (χ4n) is 2.27. The summed E-state index contributed by atoms with van der Waals surface area (Å²) in [7, 11) is 0. The molecule has 1 amide bonds. The number of amides is 1. The van der Waals surface area contributed by atoms with E-state index in [1.807, 2.05) is 0 Å². The Morgan fingerprint density at radius 3 is 2.79 bits per heavy atom. The highest BCUT2D eigenvalue weighted by Crippen LogP contribution is 2.44. The number of hydrogen-bond acceptors (Lipinski definition) is 6. The van der Waals surface area contributed by atoms with Crippen LogP contribution >= 0.6 is 0 Å². The topological polar surface area (TPSA) is 114 Å². The molecular formula is C17H17N5O2. The van der Waals surface area contributed by atoms with Crippen LogP contribution < -0.4 is 11.1 Å². The first-order valence-electron chi connectivity index (χ1n) is 7.60. The normalized spacial score (nSPS) is 14.7. The molecule has 7 heteroatoms. The van der Waals surface area contributed by atoms with E-state index in [9.17, 15) is 9.90 Å². The van der Waals surface area contributed by atoms with E-state index >= 15 is 0 Å². The maximum absolute atomic E-state index is 11.7. The molecule has 1 heterocycles. The Labute approximate surface area is 139 Å². The number of nitrogens with two attached hydrogens (primary N) is 1. The van der Waals surface area contributed by atoms with Crippen LogP contribution in [-0.4, -0.2) is 32.2 Å². The molecule has 7 nitrogen and oxygen atoms in total. The van der Waals surface area contributed by atoms with Gasteiger partial charge in [0.05, 0.1) is 11.7 Å². The van der Waals surface area contributed by atoms with Gasteiger partial charge in [0.2, 0.25) is 11.9 Å². The molecule has 1 aromatic carbocycles. The molecule has 3 rings (SSSR count). The molecule has 1 saturated carbocycles. The molecular weight excluding hydrogens is 306 g/mol. The van der Waals surface area contributed by atoms with E-state index in [-0.39, 0.29) is 23.5 Å². The number of benzene rings is 1. The number of nitrogens with zero attached hydrogens (tertiary/aromatic N) is 3. The molecule has 1 fully saturated rings. The first-order valence-corrected chi connectivity index (χ1v) is 7.60. The van der Waals surface area contributed by atoms with Crippen LogP contribution in [0, 0.1) is 12.3 Å². The van der Waals surface area contributed by atoms with Gasteiger partial charge in [-0.3, -0.25) is 10.1 Å². The van der Waals surface area contributed by atoms with Gasteiger partial charge in [-0.15, -0.1) is 16.6 Å². The minimum atomic E-state index is -0.669. The van der Waals surface area contributed by atoms with Crippen LogP contribution in [0.4, 0.5) is 5.95 Å². The molecule has 2 aromatic rings. The van der Waals surface area contributed by atoms with Gasteiger partial charge in [-0.1, -0.05) is 5.92 Å². The summed E-state index contributed by atoms with van der Waals surface area (Å²) in [6.45, 7) is 1.57. The van der Waals surface area contributed by atoms with Crippen LogP contribution in [0.1, 0.15) is 36.9 Å². The lowest BCUT2D eigenvalue weighted by atomic mass is 10.0. The summed E-state index contributed by atoms with van der Waals surface area (Å²) in [5, 5.41) is 20.8. The number of phenolic OH excluding ortho intramolecular Hbond substituents is 1. The molecule has 122 valence electrons. The second kappa shape index (κ2) is 6.26. The SMILES string of the molecule is C#Cc1ccc(-c2nnc(NC(=O)[C@@H](C)N)nc2C2CC2)c(O)c1. The van der Waals surface area contributed by atoms with E-state index in [0.29, 0.717) is 22.5 Å². The van der Waals surface area contributed by atoms with Crippen molar-refractivity contribution in [2.24, 2.45) is 5.73 Å². The highest BCUT2D eigenvalue weighted by atomic mass is 16.3. The molecule has 0 spiro atoms. The smallest absolute Gasteiger partial charge is 0.249 e. The van der Waals surface area contributed by atoms with Crippen molar-refractivity contribution in [3.05, 3.63) is 29.5 Å². The lowest BCUT2D eigenvalue weighted by molar-refractivity contribution is -0.117. The number of phenols is 1. The Morgan fingerprint density at radius 2 is 2.21 bits per heavy atom. The number of rotatable bonds is 4. The molecule has 0 radical (unpaired) electrons. The number of nitrogens with one attached hydrogen (secondary N) is 1. The predicted molar refractivity (Wildman–Crippen MR) is 89.1 cm³/mol. The predicted octanol–water partition coefficient (Wildman–Crippen LogP) is 1.39. The second-order valence-corrected chi connectivity index (χ2v) is 5.80. The maximum atomic E-state index is 11.7. The molecule has 0 aliphatic heterocycles. The van der Waals surface area contributed by atoms with Gasteiger partial charge in [-0.2, -0.15) is 0 Å². The molecule has 1 aliphatic carbocycles. The summed E-state index contributed by atoms with van der Waals surface area (Å²) in [6, 6.07) is 4.25. The fraction of sp³-hybridized carbons (Fsp3) is 0.294. The first kappa shape index (κ1) is 15.9. The lowest BCUT2D eigenvalue weighted by Gasteiger charge is -2.11. The van der Waals surface area contributed by atoms with E-state index in [4.69, 9.17) is 12.2 Å². The lowest BCUT2D eigenvalue weighted by Crippen LogP contribution is -2.33. The summed E-state index contributed by atoms with van der Waals surface area (Å²) in [5.41, 5.74) is 7.81. The molecule has 24 heavy (non-hydrogen) atoms. The van der Waals surface area contributed by atoms with Crippen molar-refractivity contribution in [3.8, 4) is 29.4 Å². The number of carbonyl (C=O) groups is 1. The van der Waals surface area contributed by atoms with Crippen molar-refractivity contribution in [3.63, 3.8) is 0 Å². The Balaban J connectivity index is 2.00. The van der Waals surface area contributed by atoms with Gasteiger partial charge in [0.25, 0.3) is 0 Å². The van der Waals surface area contributed by atoms with Crippen LogP contribution in [0.3, 0.4) is 0 Å². The van der Waals surface area contributed by atoms with Crippen LogP contribution in [0.25, 0.3) is 11.3 Å². The Kier molecular flexibility index (Phi) is 4.15. The zero-order valence-electron chi connectivity index (χ0n) is 13.2. The van der Waals surface area contributed by atoms with Crippen molar-refractivity contribution in [2.75, 3.05) is 5.32 Å². The fourth-order valence-corrected chi connectivity index (χ4v) is 2.27. The minimum Gasteiger partial charge on any atom is -0.507 e. The summed E-state index contributed by atoms with van der Waals surface area (Å²) < 4.78 is 0. The molecule has 1 aromatic heterocycles. The Morgan fingerprint density at radius 1 is 1.46 bits per heavy atom. The second-order valence-electron chi connectivity index (χ2n) is 5.80. The molecule has 1 aliphatic rings. The van der Waals surface area contributed by atoms with Gasteiger partial charge < -0.3 is 10.8 Å². The quantitative estimate of drug-likeness (QED) is 0.733. The van der Waals surface area contributed by atoms with Crippen LogP contribution in [0.2, 0.25) is 0 Å². The average Bonchev–Trinajstić information content (AvgIpc) is 3.39. The zero-order valence-corrected chi connectivity index (χ0v) is 13.2. The molecule has 0 bridgehead atoms. The maximum Gasteiger partial charge on any atom is 0.249 e. The van der Waals surface area contributed by atoms with Gasteiger partial charge >= 0.3 is 0 Å². The van der Waals surface area contributed by atoms with E-state index in [1.54, 1.807) is 19.1 Å². The number of hydrogen-bond donors (Lipinski definition) is 3. The summed E-state index contributed by atoms with van der Waals surface area (Å²) in [6.07, 6.45) is 7.30. The molecule has 0 unspecified atom stereocenters. The van der Waals surface area contributed by atoms with Crippen LogP contribution in [0.5, 0.6) is 5.75 Å². The van der Waals surface area contributed by atoms with Crippen LogP contribution in [0.15, 0.2) is 18.2 Å². The number of carbonyl (C=O) groups excluding carboxylic acids is 1. The minimum absolute atomic E-state index is 0.0239. The van der Waals surface area contributed by atoms with E-state index in [1.165, 1.54) is 6.07 Å². The van der Waals surface area contributed by atoms with Crippen LogP contribution in [-0.2, 0) is 4.79 Å². The van der Waals surface area contributed by atoms with E-state index < -0.39 is 6.04 Å². The van der Waals surface area contributed by atoms with Crippen molar-refractivity contribution < 1.29 is 9.90 Å². The first-order chi connectivity index (χ1) is 11.5. The Bertz CT molecular complexity index is 837. The van der Waals surface area contributed by atoms with E-state index in [2.05, 4.69) is 26.4 Å². The van der Waals surface area contributed by atoms with Gasteiger partial charge in [-0.05, 0) is 38.0 Å². The van der Waals surface area contributed by atoms with Gasteiger partial charge in [-0.25, -0.2) is 4.98 Å². The number of aromatic hydroxyl groups is 1. The average molecular weight is 323 g/mol. The standard InChI is InChI=1S/C17H17N5O2/c1-3-10-4-7-12(13(23)8-10)15-14(11-5-6-11)19-17(22-21-15)20-16(24)9(2)18/h1,4,7-9,11,23H,5-6,18H2,2H3,(H,19,20,22,24)/t9-/m1/s1. The summed E-state index contributed by atoms with van der Waals surface area (Å²) in [4.78, 5) is 16.1. The van der Waals surface area contributed by atoms with E-state index in [0.717, 1.165) is 12.8 Å². The highest BCUT2D eigenvalue weighted by molar-refractivity contribution is 5.92. The molecule has 0 saturated heterocycles.